The Morgan fingerprint density at radius 2 is 2.00 bits per heavy atom. The normalized spacial score (nSPS) is 10.7. The van der Waals surface area contributed by atoms with Crippen molar-refractivity contribution >= 4 is 51.8 Å². The van der Waals surface area contributed by atoms with Crippen LogP contribution in [0.1, 0.15) is 19.3 Å². The summed E-state index contributed by atoms with van der Waals surface area (Å²) in [5.74, 6) is -0.402. The summed E-state index contributed by atoms with van der Waals surface area (Å²) < 4.78 is 6.39. The number of rotatable bonds is 3. The quantitative estimate of drug-likeness (QED) is 0.736. The fraction of sp³-hybridized carbons (Fsp3) is 0.133. The molecule has 0 aliphatic carbocycles. The molecule has 0 aliphatic rings. The molecule has 8 heteroatoms. The standard InChI is InChI=1S/C15H12ClN3O3S/c1-19-10-4-3-8(16)7-9(10)17-15(19)18-13(20)11-5-6-12(23-11)14(21)22-2/h3-7H,1-2H3,(H,17,18,20). The molecule has 23 heavy (non-hydrogen) atoms. The summed E-state index contributed by atoms with van der Waals surface area (Å²) in [7, 11) is 3.10. The fourth-order valence-corrected chi connectivity index (χ4v) is 3.10. The molecule has 1 amide bonds. The molecule has 0 saturated heterocycles. The minimum absolute atomic E-state index is 0.338. The maximum Gasteiger partial charge on any atom is 0.348 e. The number of aromatic nitrogens is 2. The second-order valence-electron chi connectivity index (χ2n) is 4.74. The van der Waals surface area contributed by atoms with Crippen molar-refractivity contribution in [2.75, 3.05) is 12.4 Å². The Hall–Kier alpha value is -2.38. The number of benzene rings is 1. The number of halogens is 1. The topological polar surface area (TPSA) is 73.2 Å². The summed E-state index contributed by atoms with van der Waals surface area (Å²) in [6, 6.07) is 8.46. The lowest BCUT2D eigenvalue weighted by molar-refractivity contribution is 0.0606. The molecular weight excluding hydrogens is 338 g/mol. The number of nitrogens with one attached hydrogen (secondary N) is 1. The van der Waals surface area contributed by atoms with Crippen molar-refractivity contribution in [1.29, 1.82) is 0 Å². The number of methoxy groups -OCH3 is 1. The monoisotopic (exact) mass is 349 g/mol. The van der Waals surface area contributed by atoms with Crippen LogP contribution in [0.2, 0.25) is 5.02 Å². The number of thiophene rings is 1. The Morgan fingerprint density at radius 1 is 1.26 bits per heavy atom. The Labute approximate surface area is 140 Å². The van der Waals surface area contributed by atoms with E-state index in [1.165, 1.54) is 7.11 Å². The number of ether oxygens (including phenoxy) is 1. The van der Waals surface area contributed by atoms with Crippen molar-refractivity contribution in [1.82, 2.24) is 9.55 Å². The number of aryl methyl sites for hydroxylation is 1. The number of nitrogens with zero attached hydrogens (tertiary/aromatic N) is 2. The molecule has 1 aromatic carbocycles. The molecule has 0 saturated carbocycles. The van der Waals surface area contributed by atoms with Crippen molar-refractivity contribution in [2.45, 2.75) is 0 Å². The van der Waals surface area contributed by atoms with Crippen LogP contribution in [-0.4, -0.2) is 28.5 Å². The van der Waals surface area contributed by atoms with E-state index in [0.717, 1.165) is 16.9 Å². The van der Waals surface area contributed by atoms with E-state index in [2.05, 4.69) is 15.0 Å². The van der Waals surface area contributed by atoms with Crippen molar-refractivity contribution in [3.8, 4) is 0 Å². The number of imidazole rings is 1. The molecule has 3 aromatic rings. The molecule has 0 atom stereocenters. The van der Waals surface area contributed by atoms with Crippen LogP contribution in [0.15, 0.2) is 30.3 Å². The number of esters is 1. The number of amides is 1. The van der Waals surface area contributed by atoms with Crippen LogP contribution in [0.5, 0.6) is 0 Å². The first kappa shape index (κ1) is 15.5. The summed E-state index contributed by atoms with van der Waals surface area (Å²) in [4.78, 5) is 28.9. The first-order valence-electron chi connectivity index (χ1n) is 6.61. The molecule has 0 fully saturated rings. The van der Waals surface area contributed by atoms with Crippen molar-refractivity contribution in [3.63, 3.8) is 0 Å². The number of anilines is 1. The van der Waals surface area contributed by atoms with Gasteiger partial charge in [0.05, 0.1) is 23.0 Å². The summed E-state index contributed by atoms with van der Waals surface area (Å²) in [5.41, 5.74) is 1.54. The lowest BCUT2D eigenvalue weighted by atomic mass is 10.3. The van der Waals surface area contributed by atoms with E-state index >= 15 is 0 Å². The predicted octanol–water partition coefficient (Wildman–Crippen LogP) is 3.33. The number of hydrogen-bond donors (Lipinski definition) is 1. The Morgan fingerprint density at radius 3 is 2.74 bits per heavy atom. The predicted molar refractivity (Wildman–Crippen MR) is 89.3 cm³/mol. The Balaban J connectivity index is 1.86. The second kappa shape index (κ2) is 6.02. The third kappa shape index (κ3) is 2.93. The lowest BCUT2D eigenvalue weighted by Gasteiger charge is -2.03. The van der Waals surface area contributed by atoms with Crippen LogP contribution in [0, 0.1) is 0 Å². The van der Waals surface area contributed by atoms with Crippen LogP contribution in [0.4, 0.5) is 5.95 Å². The van der Waals surface area contributed by atoms with E-state index < -0.39 is 5.97 Å². The highest BCUT2D eigenvalue weighted by Crippen LogP contribution is 2.23. The molecule has 0 unspecified atom stereocenters. The van der Waals surface area contributed by atoms with Gasteiger partial charge in [0.15, 0.2) is 0 Å². The highest BCUT2D eigenvalue weighted by Gasteiger charge is 2.16. The second-order valence-corrected chi connectivity index (χ2v) is 6.26. The van der Waals surface area contributed by atoms with Crippen LogP contribution in [0.3, 0.4) is 0 Å². The van der Waals surface area contributed by atoms with Gasteiger partial charge in [-0.3, -0.25) is 10.1 Å². The van der Waals surface area contributed by atoms with Gasteiger partial charge in [-0.25, -0.2) is 9.78 Å². The zero-order chi connectivity index (χ0) is 16.6. The zero-order valence-corrected chi connectivity index (χ0v) is 13.9. The summed E-state index contributed by atoms with van der Waals surface area (Å²) in [5, 5.41) is 3.31. The van der Waals surface area contributed by atoms with Gasteiger partial charge >= 0.3 is 5.97 Å². The summed E-state index contributed by atoms with van der Waals surface area (Å²) in [6.45, 7) is 0. The number of fused-ring (bicyclic) bond motifs is 1. The molecule has 0 spiro atoms. The highest BCUT2D eigenvalue weighted by molar-refractivity contribution is 7.16. The molecule has 6 nitrogen and oxygen atoms in total. The minimum atomic E-state index is -0.466. The maximum atomic E-state index is 12.3. The van der Waals surface area contributed by atoms with Gasteiger partial charge in [-0.05, 0) is 30.3 Å². The molecule has 1 N–H and O–H groups in total. The summed E-state index contributed by atoms with van der Waals surface area (Å²) in [6.07, 6.45) is 0. The van der Waals surface area contributed by atoms with Gasteiger partial charge in [0.25, 0.3) is 5.91 Å². The highest BCUT2D eigenvalue weighted by atomic mass is 35.5. The number of hydrogen-bond acceptors (Lipinski definition) is 5. The van der Waals surface area contributed by atoms with Crippen LogP contribution < -0.4 is 5.32 Å². The van der Waals surface area contributed by atoms with Gasteiger partial charge in [-0.2, -0.15) is 0 Å². The van der Waals surface area contributed by atoms with Gasteiger partial charge in [0, 0.05) is 12.1 Å². The number of carbonyl (C=O) groups excluding carboxylic acids is 2. The SMILES string of the molecule is COC(=O)c1ccc(C(=O)Nc2nc3cc(Cl)ccc3n2C)s1. The summed E-state index contributed by atoms with van der Waals surface area (Å²) >= 11 is 7.01. The van der Waals surface area contributed by atoms with Gasteiger partial charge in [-0.1, -0.05) is 11.6 Å². The van der Waals surface area contributed by atoms with Gasteiger partial charge in [-0.15, -0.1) is 11.3 Å². The average Bonchev–Trinajstić information content (AvgIpc) is 3.13. The molecule has 0 aliphatic heterocycles. The van der Waals surface area contributed by atoms with E-state index in [9.17, 15) is 9.59 Å². The molecule has 0 radical (unpaired) electrons. The van der Waals surface area contributed by atoms with Crippen LogP contribution in [0.25, 0.3) is 11.0 Å². The van der Waals surface area contributed by atoms with Crippen LogP contribution in [-0.2, 0) is 11.8 Å². The van der Waals surface area contributed by atoms with E-state index in [4.69, 9.17) is 11.6 Å². The molecule has 3 rings (SSSR count). The maximum absolute atomic E-state index is 12.3. The van der Waals surface area contributed by atoms with Crippen molar-refractivity contribution in [3.05, 3.63) is 45.1 Å². The van der Waals surface area contributed by atoms with Gasteiger partial charge in [0.2, 0.25) is 5.95 Å². The molecule has 118 valence electrons. The zero-order valence-electron chi connectivity index (χ0n) is 12.3. The number of carbonyl (C=O) groups is 2. The smallest absolute Gasteiger partial charge is 0.348 e. The molecular formula is C15H12ClN3O3S. The molecule has 0 bridgehead atoms. The first-order chi connectivity index (χ1) is 11.0. The molecule has 2 heterocycles. The van der Waals surface area contributed by atoms with Gasteiger partial charge < -0.3 is 9.30 Å². The third-order valence-corrected chi connectivity index (χ3v) is 4.58. The fourth-order valence-electron chi connectivity index (χ4n) is 2.12. The van der Waals surface area contributed by atoms with E-state index in [1.54, 1.807) is 35.9 Å². The van der Waals surface area contributed by atoms with Crippen LogP contribution >= 0.6 is 22.9 Å². The van der Waals surface area contributed by atoms with E-state index in [-0.39, 0.29) is 5.91 Å². The minimum Gasteiger partial charge on any atom is -0.465 e. The Bertz CT molecular complexity index is 916. The van der Waals surface area contributed by atoms with E-state index in [1.807, 2.05) is 6.07 Å². The van der Waals surface area contributed by atoms with Gasteiger partial charge in [0.1, 0.15) is 4.88 Å². The molecule has 2 aromatic heterocycles. The van der Waals surface area contributed by atoms with Crippen molar-refractivity contribution in [2.24, 2.45) is 7.05 Å². The average molecular weight is 350 g/mol. The lowest BCUT2D eigenvalue weighted by Crippen LogP contribution is -2.13. The van der Waals surface area contributed by atoms with E-state index in [0.29, 0.717) is 26.2 Å². The van der Waals surface area contributed by atoms with Crippen molar-refractivity contribution < 1.29 is 14.3 Å². The third-order valence-electron chi connectivity index (χ3n) is 3.28. The largest absolute Gasteiger partial charge is 0.465 e. The Kier molecular flexibility index (Phi) is 4.06. The first-order valence-corrected chi connectivity index (χ1v) is 7.80.